The smallest absolute Gasteiger partial charge is 0.306 e. The molecule has 0 heterocycles. The van der Waals surface area contributed by atoms with Gasteiger partial charge >= 0.3 is 11.9 Å². The second-order valence-electron chi connectivity index (χ2n) is 8.52. The first kappa shape index (κ1) is 25.4. The fourth-order valence-corrected chi connectivity index (χ4v) is 4.34. The minimum atomic E-state index is -1.14. The van der Waals surface area contributed by atoms with Gasteiger partial charge in [-0.05, 0) is 43.4 Å². The molecule has 8 heteroatoms. The average molecular weight is 450 g/mol. The van der Waals surface area contributed by atoms with Gasteiger partial charge in [0.15, 0.2) is 0 Å². The first-order valence-electron chi connectivity index (χ1n) is 11.0. The highest BCUT2D eigenvalue weighted by atomic mass is 19.1. The third-order valence-electron chi connectivity index (χ3n) is 6.05. The topological polar surface area (TPSA) is 113 Å². The predicted molar refractivity (Wildman–Crippen MR) is 116 cm³/mol. The molecule has 0 bridgehead atoms. The molecule has 176 valence electrons. The molecule has 2 atom stereocenters. The summed E-state index contributed by atoms with van der Waals surface area (Å²) in [6.07, 6.45) is 3.71. The average Bonchev–Trinajstić information content (AvgIpc) is 3.20. The van der Waals surface area contributed by atoms with Crippen molar-refractivity contribution in [3.8, 4) is 0 Å². The highest BCUT2D eigenvalue weighted by Gasteiger charge is 2.44. The van der Waals surface area contributed by atoms with E-state index in [4.69, 9.17) is 4.74 Å². The number of carboxylic acids is 2. The van der Waals surface area contributed by atoms with Crippen molar-refractivity contribution in [2.75, 3.05) is 0 Å². The SMILES string of the molecule is C=C(OCc1cccc(F)c1)[C@H](CC(=O)O)NC(=O)C1(C[C@@H](CCC)C(=O)O)CCCC1. The van der Waals surface area contributed by atoms with Crippen molar-refractivity contribution in [2.45, 2.75) is 70.9 Å². The molecule has 3 N–H and O–H groups in total. The van der Waals surface area contributed by atoms with Crippen LogP contribution in [0.1, 0.15) is 63.9 Å². The first-order chi connectivity index (χ1) is 15.2. The van der Waals surface area contributed by atoms with Gasteiger partial charge in [0.2, 0.25) is 5.91 Å². The summed E-state index contributed by atoms with van der Waals surface area (Å²) in [5.74, 6) is -3.42. The van der Waals surface area contributed by atoms with Crippen LogP contribution in [0.5, 0.6) is 0 Å². The van der Waals surface area contributed by atoms with E-state index in [0.29, 0.717) is 31.2 Å². The summed E-state index contributed by atoms with van der Waals surface area (Å²) in [5.41, 5.74) is -0.305. The predicted octanol–water partition coefficient (Wildman–Crippen LogP) is 4.27. The summed E-state index contributed by atoms with van der Waals surface area (Å²) in [6.45, 7) is 5.66. The lowest BCUT2D eigenvalue weighted by molar-refractivity contribution is -0.144. The van der Waals surface area contributed by atoms with Crippen molar-refractivity contribution in [3.63, 3.8) is 0 Å². The molecule has 0 aliphatic heterocycles. The van der Waals surface area contributed by atoms with Gasteiger partial charge in [0, 0.05) is 0 Å². The molecule has 2 rings (SSSR count). The van der Waals surface area contributed by atoms with Crippen LogP contribution < -0.4 is 5.32 Å². The summed E-state index contributed by atoms with van der Waals surface area (Å²) in [6, 6.07) is 4.81. The molecule has 1 aliphatic rings. The Labute approximate surface area is 187 Å². The number of ether oxygens (including phenoxy) is 1. The third-order valence-corrected chi connectivity index (χ3v) is 6.05. The fraction of sp³-hybridized carbons (Fsp3) is 0.542. The zero-order valence-corrected chi connectivity index (χ0v) is 18.4. The maximum atomic E-state index is 13.4. The van der Waals surface area contributed by atoms with Crippen LogP contribution in [0.2, 0.25) is 0 Å². The Bertz CT molecular complexity index is 834. The number of rotatable bonds is 13. The van der Waals surface area contributed by atoms with Gasteiger partial charge in [0.05, 0.1) is 23.8 Å². The molecule has 1 amide bonds. The molecule has 0 saturated heterocycles. The molecule has 1 aliphatic carbocycles. The van der Waals surface area contributed by atoms with Crippen LogP contribution in [0, 0.1) is 17.2 Å². The third kappa shape index (κ3) is 7.07. The molecule has 0 spiro atoms. The Kier molecular flexibility index (Phi) is 9.23. The second kappa shape index (κ2) is 11.6. The molecule has 1 saturated carbocycles. The van der Waals surface area contributed by atoms with Gasteiger partial charge in [-0.3, -0.25) is 14.4 Å². The lowest BCUT2D eigenvalue weighted by Crippen LogP contribution is -2.47. The van der Waals surface area contributed by atoms with Crippen molar-refractivity contribution < 1.29 is 33.7 Å². The monoisotopic (exact) mass is 449 g/mol. The number of halogens is 1. The Balaban J connectivity index is 2.12. The first-order valence-corrected chi connectivity index (χ1v) is 11.0. The van der Waals surface area contributed by atoms with Crippen molar-refractivity contribution >= 4 is 17.8 Å². The van der Waals surface area contributed by atoms with Crippen molar-refractivity contribution in [1.29, 1.82) is 0 Å². The van der Waals surface area contributed by atoms with E-state index in [1.807, 2.05) is 6.92 Å². The zero-order chi connectivity index (χ0) is 23.7. The maximum Gasteiger partial charge on any atom is 0.306 e. The molecule has 1 fully saturated rings. The normalized spacial score (nSPS) is 16.7. The van der Waals surface area contributed by atoms with E-state index < -0.39 is 41.6 Å². The number of amides is 1. The van der Waals surface area contributed by atoms with E-state index in [1.165, 1.54) is 18.2 Å². The maximum absolute atomic E-state index is 13.4. The lowest BCUT2D eigenvalue weighted by atomic mass is 9.75. The minimum absolute atomic E-state index is 0.0225. The zero-order valence-electron chi connectivity index (χ0n) is 18.4. The summed E-state index contributed by atoms with van der Waals surface area (Å²) in [7, 11) is 0. The van der Waals surface area contributed by atoms with E-state index >= 15 is 0 Å². The Hall–Kier alpha value is -2.90. The van der Waals surface area contributed by atoms with Crippen LogP contribution in [0.15, 0.2) is 36.6 Å². The molecule has 0 unspecified atom stereocenters. The van der Waals surface area contributed by atoms with Gasteiger partial charge in [-0.15, -0.1) is 0 Å². The molecule has 32 heavy (non-hydrogen) atoms. The molecule has 0 aromatic heterocycles. The highest BCUT2D eigenvalue weighted by Crippen LogP contribution is 2.44. The van der Waals surface area contributed by atoms with Gasteiger partial charge in [-0.2, -0.15) is 0 Å². The van der Waals surface area contributed by atoms with Crippen LogP contribution in [0.4, 0.5) is 4.39 Å². The van der Waals surface area contributed by atoms with Gasteiger partial charge in [0.25, 0.3) is 0 Å². The number of benzene rings is 1. The molecule has 7 nitrogen and oxygen atoms in total. The molecule has 1 aromatic rings. The summed E-state index contributed by atoms with van der Waals surface area (Å²) in [4.78, 5) is 36.4. The number of carbonyl (C=O) groups is 3. The Morgan fingerprint density at radius 1 is 1.25 bits per heavy atom. The minimum Gasteiger partial charge on any atom is -0.492 e. The van der Waals surface area contributed by atoms with Crippen molar-refractivity contribution in [3.05, 3.63) is 48.0 Å². The number of carboxylic acid groups (broad SMARTS) is 2. The summed E-state index contributed by atoms with van der Waals surface area (Å²) < 4.78 is 18.9. The Morgan fingerprint density at radius 2 is 1.94 bits per heavy atom. The van der Waals surface area contributed by atoms with Gasteiger partial charge < -0.3 is 20.3 Å². The van der Waals surface area contributed by atoms with Crippen molar-refractivity contribution in [1.82, 2.24) is 5.32 Å². The fourth-order valence-electron chi connectivity index (χ4n) is 4.34. The van der Waals surface area contributed by atoms with Gasteiger partial charge in [0.1, 0.15) is 18.2 Å². The number of nitrogens with one attached hydrogen (secondary N) is 1. The molecular formula is C24H32FNO6. The van der Waals surface area contributed by atoms with Crippen molar-refractivity contribution in [2.24, 2.45) is 11.3 Å². The summed E-state index contributed by atoms with van der Waals surface area (Å²) in [5, 5.41) is 21.6. The van der Waals surface area contributed by atoms with Crippen LogP contribution in [0.3, 0.4) is 0 Å². The summed E-state index contributed by atoms with van der Waals surface area (Å²) >= 11 is 0. The van der Waals surface area contributed by atoms with Crippen LogP contribution in [-0.2, 0) is 25.7 Å². The highest BCUT2D eigenvalue weighted by molar-refractivity contribution is 5.85. The number of carbonyl (C=O) groups excluding carboxylic acids is 1. The second-order valence-corrected chi connectivity index (χ2v) is 8.52. The van der Waals surface area contributed by atoms with Gasteiger partial charge in [-0.1, -0.05) is 44.9 Å². The van der Waals surface area contributed by atoms with Gasteiger partial charge in [-0.25, -0.2) is 4.39 Å². The number of hydrogen-bond donors (Lipinski definition) is 3. The molecule has 1 aromatic carbocycles. The van der Waals surface area contributed by atoms with Crippen LogP contribution in [-0.4, -0.2) is 34.1 Å². The quantitative estimate of drug-likeness (QED) is 0.388. The van der Waals surface area contributed by atoms with E-state index in [0.717, 1.165) is 12.8 Å². The largest absolute Gasteiger partial charge is 0.492 e. The van der Waals surface area contributed by atoms with E-state index in [-0.39, 0.29) is 24.7 Å². The van der Waals surface area contributed by atoms with Crippen LogP contribution >= 0.6 is 0 Å². The van der Waals surface area contributed by atoms with E-state index in [9.17, 15) is 29.0 Å². The van der Waals surface area contributed by atoms with E-state index in [2.05, 4.69) is 11.9 Å². The molecular weight excluding hydrogens is 417 g/mol. The molecule has 0 radical (unpaired) electrons. The number of aliphatic carboxylic acids is 2. The van der Waals surface area contributed by atoms with E-state index in [1.54, 1.807) is 6.07 Å². The standard InChI is InChI=1S/C24H32FNO6/c1-3-7-18(22(29)30)14-24(10-4-5-11-24)23(31)26-20(13-21(27)28)16(2)32-15-17-8-6-9-19(25)12-17/h6,8-9,12,18,20H,2-5,7,10-11,13-15H2,1H3,(H,26,31)(H,27,28)(H,29,30)/t18-,20+/m1/s1. The van der Waals surface area contributed by atoms with Crippen LogP contribution in [0.25, 0.3) is 0 Å². The number of hydrogen-bond acceptors (Lipinski definition) is 4. The Morgan fingerprint density at radius 3 is 2.50 bits per heavy atom. The lowest BCUT2D eigenvalue weighted by Gasteiger charge is -2.32.